The van der Waals surface area contributed by atoms with E-state index in [1.165, 1.54) is 12.3 Å². The lowest BCUT2D eigenvalue weighted by Crippen LogP contribution is -2.16. The van der Waals surface area contributed by atoms with Gasteiger partial charge in [0.15, 0.2) is 0 Å². The number of hydrogen-bond donors (Lipinski definition) is 2. The normalized spacial score (nSPS) is 11.9. The summed E-state index contributed by atoms with van der Waals surface area (Å²) < 4.78 is 42.5. The molecule has 172 valence electrons. The van der Waals surface area contributed by atoms with Crippen LogP contribution < -0.4 is 11.1 Å². The molecule has 4 aromatic heterocycles. The van der Waals surface area contributed by atoms with Crippen molar-refractivity contribution in [1.82, 2.24) is 24.1 Å². The maximum Gasteiger partial charge on any atom is 0.416 e. The number of imidazole rings is 1. The van der Waals surface area contributed by atoms with Gasteiger partial charge in [0.1, 0.15) is 22.9 Å². The Balaban J connectivity index is 1.51. The monoisotopic (exact) mass is 465 g/mol. The molecular weight excluding hydrogens is 447 g/mol. The van der Waals surface area contributed by atoms with E-state index in [1.54, 1.807) is 47.6 Å². The van der Waals surface area contributed by atoms with Crippen LogP contribution in [0.1, 0.15) is 21.6 Å². The molecule has 0 saturated carbocycles. The van der Waals surface area contributed by atoms with Gasteiger partial charge in [-0.05, 0) is 42.8 Å². The molecule has 34 heavy (non-hydrogen) atoms. The number of aromatic nitrogens is 5. The molecule has 8 nitrogen and oxygen atoms in total. The van der Waals surface area contributed by atoms with E-state index in [0.29, 0.717) is 28.1 Å². The summed E-state index contributed by atoms with van der Waals surface area (Å²) in [4.78, 5) is 21.3. The molecule has 0 aliphatic rings. The second kappa shape index (κ2) is 7.58. The lowest BCUT2D eigenvalue weighted by Gasteiger charge is -2.12. The van der Waals surface area contributed by atoms with Gasteiger partial charge in [-0.15, -0.1) is 0 Å². The van der Waals surface area contributed by atoms with Crippen LogP contribution in [0.3, 0.4) is 0 Å². The van der Waals surface area contributed by atoms with Gasteiger partial charge in [0.2, 0.25) is 0 Å². The number of aryl methyl sites for hydroxylation is 2. The van der Waals surface area contributed by atoms with Gasteiger partial charge < -0.3 is 11.1 Å². The van der Waals surface area contributed by atoms with Crippen LogP contribution in [0.2, 0.25) is 0 Å². The Bertz CT molecular complexity index is 1580. The third-order valence-corrected chi connectivity index (χ3v) is 5.63. The fourth-order valence-corrected chi connectivity index (χ4v) is 3.85. The molecule has 5 rings (SSSR count). The van der Waals surface area contributed by atoms with E-state index in [0.717, 1.165) is 23.2 Å². The molecule has 0 aliphatic heterocycles. The molecule has 1 aromatic carbocycles. The number of carbonyl (C=O) groups is 1. The van der Waals surface area contributed by atoms with Gasteiger partial charge >= 0.3 is 6.18 Å². The van der Waals surface area contributed by atoms with Gasteiger partial charge in [-0.1, -0.05) is 6.07 Å². The first-order chi connectivity index (χ1) is 16.1. The zero-order valence-electron chi connectivity index (χ0n) is 18.1. The zero-order chi connectivity index (χ0) is 24.2. The lowest BCUT2D eigenvalue weighted by atomic mass is 10.1. The molecule has 0 saturated heterocycles. The van der Waals surface area contributed by atoms with E-state index in [9.17, 15) is 18.0 Å². The Kier molecular flexibility index (Phi) is 4.78. The number of nitrogens with one attached hydrogen (secondary N) is 1. The molecule has 4 heterocycles. The first kappa shape index (κ1) is 21.4. The van der Waals surface area contributed by atoms with Crippen LogP contribution in [0.4, 0.5) is 24.7 Å². The minimum Gasteiger partial charge on any atom is -0.383 e. The first-order valence-electron chi connectivity index (χ1n) is 10.2. The number of alkyl halides is 3. The molecule has 11 heteroatoms. The molecule has 3 N–H and O–H groups in total. The number of hydrogen-bond acceptors (Lipinski definition) is 5. The Morgan fingerprint density at radius 3 is 2.68 bits per heavy atom. The van der Waals surface area contributed by atoms with Gasteiger partial charge in [-0.2, -0.15) is 18.3 Å². The summed E-state index contributed by atoms with van der Waals surface area (Å²) in [6.07, 6.45) is 0.113. The fraction of sp³-hybridized carbons (Fsp3) is 0.130. The van der Waals surface area contributed by atoms with Crippen LogP contribution in [0.5, 0.6) is 0 Å². The molecular formula is C23H18F3N7O. The van der Waals surface area contributed by atoms with E-state index in [2.05, 4.69) is 20.4 Å². The van der Waals surface area contributed by atoms with Gasteiger partial charge in [-0.25, -0.2) is 9.97 Å². The maximum atomic E-state index is 13.1. The quantitative estimate of drug-likeness (QED) is 0.410. The van der Waals surface area contributed by atoms with Crippen molar-refractivity contribution in [3.05, 3.63) is 71.8 Å². The second-order valence-electron chi connectivity index (χ2n) is 7.83. The van der Waals surface area contributed by atoms with Crippen molar-refractivity contribution < 1.29 is 18.0 Å². The first-order valence-corrected chi connectivity index (χ1v) is 10.2. The standard InChI is InChI=1S/C23H18F3N7O/c1-12-3-4-14(23(24,25)26)10-15(12)30-22(34)17-11-29-18-9-13(6-8-33(17)18)20-19-16(32(2)31-20)5-7-28-21(19)27/h3-11H,1-2H3,(H2,27,28)(H,30,34). The number of amides is 1. The minimum absolute atomic E-state index is 0.0781. The summed E-state index contributed by atoms with van der Waals surface area (Å²) in [7, 11) is 1.80. The summed E-state index contributed by atoms with van der Waals surface area (Å²) >= 11 is 0. The van der Waals surface area contributed by atoms with Crippen molar-refractivity contribution in [2.45, 2.75) is 13.1 Å². The van der Waals surface area contributed by atoms with Crippen LogP contribution in [0, 0.1) is 6.92 Å². The molecule has 0 unspecified atom stereocenters. The summed E-state index contributed by atoms with van der Waals surface area (Å²) in [6.45, 7) is 1.62. The number of benzene rings is 1. The average Bonchev–Trinajstić information content (AvgIpc) is 3.36. The maximum absolute atomic E-state index is 13.1. The average molecular weight is 465 g/mol. The highest BCUT2D eigenvalue weighted by Gasteiger charge is 2.31. The second-order valence-corrected chi connectivity index (χ2v) is 7.83. The van der Waals surface area contributed by atoms with E-state index in [-0.39, 0.29) is 11.4 Å². The smallest absolute Gasteiger partial charge is 0.383 e. The Hall–Kier alpha value is -4.41. The largest absolute Gasteiger partial charge is 0.416 e. The molecule has 0 atom stereocenters. The molecule has 0 spiro atoms. The predicted octanol–water partition coefficient (Wildman–Crippen LogP) is 4.44. The van der Waals surface area contributed by atoms with Crippen LogP contribution in [0.15, 0.2) is 55.0 Å². The van der Waals surface area contributed by atoms with E-state index < -0.39 is 17.6 Å². The summed E-state index contributed by atoms with van der Waals surface area (Å²) in [6, 6.07) is 8.53. The van der Waals surface area contributed by atoms with Crippen molar-refractivity contribution >= 4 is 34.0 Å². The van der Waals surface area contributed by atoms with Crippen molar-refractivity contribution in [2.75, 3.05) is 11.1 Å². The van der Waals surface area contributed by atoms with E-state index in [4.69, 9.17) is 5.73 Å². The number of nitrogen functional groups attached to an aromatic ring is 1. The Morgan fingerprint density at radius 1 is 1.12 bits per heavy atom. The van der Waals surface area contributed by atoms with Crippen LogP contribution >= 0.6 is 0 Å². The Morgan fingerprint density at radius 2 is 1.91 bits per heavy atom. The number of anilines is 2. The highest BCUT2D eigenvalue weighted by atomic mass is 19.4. The molecule has 0 radical (unpaired) electrons. The Labute approximate surface area is 190 Å². The number of carbonyl (C=O) groups excluding carboxylic acids is 1. The van der Waals surface area contributed by atoms with Gasteiger partial charge in [0, 0.05) is 30.7 Å². The number of pyridine rings is 2. The number of nitrogens with zero attached hydrogens (tertiary/aromatic N) is 5. The summed E-state index contributed by atoms with van der Waals surface area (Å²) in [5, 5.41) is 7.82. The molecule has 0 aliphatic carbocycles. The van der Waals surface area contributed by atoms with Gasteiger partial charge in [0.05, 0.1) is 22.7 Å². The van der Waals surface area contributed by atoms with Crippen molar-refractivity contribution in [2.24, 2.45) is 7.05 Å². The van der Waals surface area contributed by atoms with Crippen molar-refractivity contribution in [3.63, 3.8) is 0 Å². The van der Waals surface area contributed by atoms with Crippen molar-refractivity contribution in [3.8, 4) is 11.3 Å². The summed E-state index contributed by atoms with van der Waals surface area (Å²) in [5.74, 6) is -0.236. The van der Waals surface area contributed by atoms with E-state index in [1.807, 2.05) is 6.07 Å². The SMILES string of the molecule is Cc1ccc(C(F)(F)F)cc1NC(=O)c1cnc2cc(-c3nn(C)c4ccnc(N)c34)ccn12. The van der Waals surface area contributed by atoms with Crippen LogP contribution in [0.25, 0.3) is 27.8 Å². The summed E-state index contributed by atoms with van der Waals surface area (Å²) in [5.41, 5.74) is 8.63. The van der Waals surface area contributed by atoms with Gasteiger partial charge in [0.25, 0.3) is 5.91 Å². The van der Waals surface area contributed by atoms with Crippen molar-refractivity contribution in [1.29, 1.82) is 0 Å². The number of rotatable bonds is 3. The highest BCUT2D eigenvalue weighted by Crippen LogP contribution is 2.33. The minimum atomic E-state index is -4.51. The molecule has 1 amide bonds. The van der Waals surface area contributed by atoms with Gasteiger partial charge in [-0.3, -0.25) is 13.9 Å². The molecule has 0 bridgehead atoms. The topological polar surface area (TPSA) is 103 Å². The number of fused-ring (bicyclic) bond motifs is 2. The van der Waals surface area contributed by atoms with Crippen LogP contribution in [-0.2, 0) is 13.2 Å². The zero-order valence-corrected chi connectivity index (χ0v) is 18.1. The highest BCUT2D eigenvalue weighted by molar-refractivity contribution is 6.04. The molecule has 0 fully saturated rings. The predicted molar refractivity (Wildman–Crippen MR) is 121 cm³/mol. The lowest BCUT2D eigenvalue weighted by molar-refractivity contribution is -0.137. The van der Waals surface area contributed by atoms with Crippen LogP contribution in [-0.4, -0.2) is 30.1 Å². The third kappa shape index (κ3) is 3.51. The van der Waals surface area contributed by atoms with E-state index >= 15 is 0 Å². The number of halogens is 3. The number of nitrogens with two attached hydrogens (primary N) is 1. The third-order valence-electron chi connectivity index (χ3n) is 5.63. The fourth-order valence-electron chi connectivity index (χ4n) is 3.85. The molecule has 5 aromatic rings.